The molecule has 1 amide bonds. The van der Waals surface area contributed by atoms with Crippen molar-refractivity contribution in [3.63, 3.8) is 0 Å². The first kappa shape index (κ1) is 23.7. The highest BCUT2D eigenvalue weighted by atomic mass is 32.2. The van der Waals surface area contributed by atoms with E-state index in [4.69, 9.17) is 4.74 Å². The minimum atomic E-state index is -3.62. The zero-order chi connectivity index (χ0) is 22.5. The van der Waals surface area contributed by atoms with Crippen molar-refractivity contribution in [3.05, 3.63) is 59.7 Å². The molecule has 30 heavy (non-hydrogen) atoms. The Morgan fingerprint density at radius 3 is 2.13 bits per heavy atom. The average Bonchev–Trinajstić information content (AvgIpc) is 2.64. The number of carbonyl (C=O) groups excluding carboxylic acids is 1. The van der Waals surface area contributed by atoms with Crippen LogP contribution in [0.25, 0.3) is 0 Å². The lowest BCUT2D eigenvalue weighted by atomic mass is 9.87. The summed E-state index contributed by atoms with van der Waals surface area (Å²) in [5, 5.41) is 2.80. The average molecular weight is 433 g/mol. The van der Waals surface area contributed by atoms with Gasteiger partial charge in [0.05, 0.1) is 18.0 Å². The minimum absolute atomic E-state index is 0.0429. The number of anilines is 1. The molecule has 1 N–H and O–H groups in total. The molecule has 0 heterocycles. The second-order valence-corrected chi connectivity index (χ2v) is 10.6. The van der Waals surface area contributed by atoms with Crippen molar-refractivity contribution < 1.29 is 17.9 Å². The van der Waals surface area contributed by atoms with Gasteiger partial charge in [0.25, 0.3) is 0 Å². The van der Waals surface area contributed by atoms with E-state index in [-0.39, 0.29) is 30.5 Å². The normalized spacial score (nSPS) is 12.9. The highest BCUT2D eigenvalue weighted by Crippen LogP contribution is 2.25. The maximum absolute atomic E-state index is 12.5. The lowest BCUT2D eigenvalue weighted by molar-refractivity contribution is -0.120. The maximum atomic E-state index is 12.5. The molecule has 2 aromatic rings. The Balaban J connectivity index is 2.00. The van der Waals surface area contributed by atoms with Crippen LogP contribution in [0, 0.1) is 6.92 Å². The first-order valence-electron chi connectivity index (χ1n) is 9.93. The number of rotatable bonds is 8. The van der Waals surface area contributed by atoms with Gasteiger partial charge in [-0.05, 0) is 49.1 Å². The summed E-state index contributed by atoms with van der Waals surface area (Å²) in [4.78, 5) is 12.5. The second-order valence-electron chi connectivity index (χ2n) is 8.66. The van der Waals surface area contributed by atoms with Crippen LogP contribution < -0.4 is 14.4 Å². The standard InChI is InChI=1S/C23H32N2O4S/c1-17-7-13-21(14-8-17)29-16-18(2)24-22(26)15-25(30(6,27)28)20-11-9-19(10-12-20)23(3,4)5/h7-14,18H,15-16H2,1-6H3,(H,24,26). The molecule has 164 valence electrons. The van der Waals surface area contributed by atoms with Gasteiger partial charge >= 0.3 is 0 Å². The van der Waals surface area contributed by atoms with Crippen LogP contribution in [-0.2, 0) is 20.2 Å². The maximum Gasteiger partial charge on any atom is 0.241 e. The number of hydrogen-bond donors (Lipinski definition) is 1. The van der Waals surface area contributed by atoms with Gasteiger partial charge in [-0.1, -0.05) is 50.6 Å². The van der Waals surface area contributed by atoms with Crippen LogP contribution in [0.15, 0.2) is 48.5 Å². The Bertz CT molecular complexity index is 946. The van der Waals surface area contributed by atoms with E-state index < -0.39 is 10.0 Å². The van der Waals surface area contributed by atoms with Crippen molar-refractivity contribution in [1.82, 2.24) is 5.32 Å². The number of nitrogens with zero attached hydrogens (tertiary/aromatic N) is 1. The highest BCUT2D eigenvalue weighted by Gasteiger charge is 2.22. The number of sulfonamides is 1. The van der Waals surface area contributed by atoms with Gasteiger partial charge in [-0.3, -0.25) is 9.10 Å². The van der Waals surface area contributed by atoms with Crippen LogP contribution in [0.2, 0.25) is 0 Å². The minimum Gasteiger partial charge on any atom is -0.491 e. The number of hydrogen-bond acceptors (Lipinski definition) is 4. The molecule has 0 aliphatic carbocycles. The molecule has 6 nitrogen and oxygen atoms in total. The molecular formula is C23H32N2O4S. The molecule has 0 aromatic heterocycles. The molecule has 0 radical (unpaired) electrons. The van der Waals surface area contributed by atoms with Crippen molar-refractivity contribution in [2.24, 2.45) is 0 Å². The third-order valence-corrected chi connectivity index (χ3v) is 5.78. The van der Waals surface area contributed by atoms with E-state index >= 15 is 0 Å². The topological polar surface area (TPSA) is 75.7 Å². The predicted molar refractivity (Wildman–Crippen MR) is 122 cm³/mol. The molecule has 1 atom stereocenters. The largest absolute Gasteiger partial charge is 0.491 e. The van der Waals surface area contributed by atoms with E-state index in [0.717, 1.165) is 27.4 Å². The van der Waals surface area contributed by atoms with E-state index in [2.05, 4.69) is 26.1 Å². The SMILES string of the molecule is Cc1ccc(OCC(C)NC(=O)CN(c2ccc(C(C)(C)C)cc2)S(C)(=O)=O)cc1. The molecule has 2 rings (SSSR count). The van der Waals surface area contributed by atoms with Gasteiger partial charge in [-0.2, -0.15) is 0 Å². The molecule has 0 aliphatic heterocycles. The Morgan fingerprint density at radius 1 is 1.07 bits per heavy atom. The van der Waals surface area contributed by atoms with Crippen molar-refractivity contribution in [3.8, 4) is 5.75 Å². The molecule has 0 fully saturated rings. The van der Waals surface area contributed by atoms with Gasteiger partial charge < -0.3 is 10.1 Å². The molecule has 0 saturated carbocycles. The Labute approximate surface area is 180 Å². The summed E-state index contributed by atoms with van der Waals surface area (Å²) in [7, 11) is -3.62. The van der Waals surface area contributed by atoms with Crippen LogP contribution in [0.5, 0.6) is 5.75 Å². The molecule has 0 aliphatic rings. The van der Waals surface area contributed by atoms with Crippen LogP contribution in [0.4, 0.5) is 5.69 Å². The summed E-state index contributed by atoms with van der Waals surface area (Å²) in [6.07, 6.45) is 1.10. The number of ether oxygens (including phenoxy) is 1. The van der Waals surface area contributed by atoms with Gasteiger partial charge in [-0.15, -0.1) is 0 Å². The molecular weight excluding hydrogens is 400 g/mol. The van der Waals surface area contributed by atoms with Crippen LogP contribution >= 0.6 is 0 Å². The van der Waals surface area contributed by atoms with Gasteiger partial charge in [0.2, 0.25) is 15.9 Å². The number of aryl methyl sites for hydroxylation is 1. The summed E-state index contributed by atoms with van der Waals surface area (Å²) >= 11 is 0. The first-order chi connectivity index (χ1) is 13.9. The van der Waals surface area contributed by atoms with E-state index in [1.54, 1.807) is 12.1 Å². The fourth-order valence-electron chi connectivity index (χ4n) is 2.88. The number of amides is 1. The smallest absolute Gasteiger partial charge is 0.241 e. The molecule has 0 spiro atoms. The van der Waals surface area contributed by atoms with Gasteiger partial charge in [0, 0.05) is 0 Å². The first-order valence-corrected chi connectivity index (χ1v) is 11.8. The van der Waals surface area contributed by atoms with E-state index in [9.17, 15) is 13.2 Å². The van der Waals surface area contributed by atoms with Crippen LogP contribution in [-0.4, -0.2) is 39.8 Å². The zero-order valence-corrected chi connectivity index (χ0v) is 19.4. The number of nitrogens with one attached hydrogen (secondary N) is 1. The van der Waals surface area contributed by atoms with Crippen LogP contribution in [0.1, 0.15) is 38.8 Å². The number of carbonyl (C=O) groups is 1. The van der Waals surface area contributed by atoms with Gasteiger partial charge in [0.1, 0.15) is 18.9 Å². The zero-order valence-electron chi connectivity index (χ0n) is 18.6. The monoisotopic (exact) mass is 432 g/mol. The second kappa shape index (κ2) is 9.51. The molecule has 0 bridgehead atoms. The van der Waals surface area contributed by atoms with E-state index in [1.807, 2.05) is 50.2 Å². The van der Waals surface area contributed by atoms with Crippen molar-refractivity contribution >= 4 is 21.6 Å². The van der Waals surface area contributed by atoms with Crippen molar-refractivity contribution in [2.75, 3.05) is 23.7 Å². The van der Waals surface area contributed by atoms with Crippen LogP contribution in [0.3, 0.4) is 0 Å². The highest BCUT2D eigenvalue weighted by molar-refractivity contribution is 7.92. The quantitative estimate of drug-likeness (QED) is 0.691. The van der Waals surface area contributed by atoms with E-state index in [1.165, 1.54) is 0 Å². The fraction of sp³-hybridized carbons (Fsp3) is 0.435. The summed E-state index contributed by atoms with van der Waals surface area (Å²) in [6, 6.07) is 14.6. The molecule has 2 aromatic carbocycles. The molecule has 1 unspecified atom stereocenters. The van der Waals surface area contributed by atoms with Gasteiger partial charge in [-0.25, -0.2) is 8.42 Å². The summed E-state index contributed by atoms with van der Waals surface area (Å²) in [6.45, 7) is 10.1. The van der Waals surface area contributed by atoms with Crippen molar-refractivity contribution in [1.29, 1.82) is 0 Å². The van der Waals surface area contributed by atoms with Gasteiger partial charge in [0.15, 0.2) is 0 Å². The summed E-state index contributed by atoms with van der Waals surface area (Å²) in [5.41, 5.74) is 2.65. The fourth-order valence-corrected chi connectivity index (χ4v) is 3.73. The summed E-state index contributed by atoms with van der Waals surface area (Å²) < 4.78 is 31.4. The number of benzene rings is 2. The van der Waals surface area contributed by atoms with Crippen molar-refractivity contribution in [2.45, 2.75) is 46.1 Å². The Morgan fingerprint density at radius 2 is 1.63 bits per heavy atom. The van der Waals surface area contributed by atoms with E-state index in [0.29, 0.717) is 5.69 Å². The molecule has 7 heteroatoms. The molecule has 0 saturated heterocycles. The Kier molecular flexibility index (Phi) is 7.53. The predicted octanol–water partition coefficient (Wildman–Crippen LogP) is 3.64. The Hall–Kier alpha value is -2.54. The third kappa shape index (κ3) is 7.06. The lowest BCUT2D eigenvalue weighted by Crippen LogP contribution is -2.44. The lowest BCUT2D eigenvalue weighted by Gasteiger charge is -2.25. The third-order valence-electron chi connectivity index (χ3n) is 4.64. The summed E-state index contributed by atoms with van der Waals surface area (Å²) in [5.74, 6) is 0.332.